The average molecular weight is 372 g/mol. The summed E-state index contributed by atoms with van der Waals surface area (Å²) >= 11 is 3.34. The van der Waals surface area contributed by atoms with Gasteiger partial charge in [-0.05, 0) is 37.3 Å². The molecule has 0 aliphatic rings. The van der Waals surface area contributed by atoms with E-state index in [0.717, 1.165) is 4.47 Å². The number of hydrogen-bond acceptors (Lipinski definition) is 5. The van der Waals surface area contributed by atoms with Crippen LogP contribution >= 0.6 is 15.9 Å². The summed E-state index contributed by atoms with van der Waals surface area (Å²) in [4.78, 5) is 10.9. The summed E-state index contributed by atoms with van der Waals surface area (Å²) in [6.45, 7) is 1.73. The quantitative estimate of drug-likeness (QED) is 0.514. The third kappa shape index (κ3) is 2.76. The van der Waals surface area contributed by atoms with Gasteiger partial charge in [0.25, 0.3) is 5.69 Å². The van der Waals surface area contributed by atoms with E-state index in [0.29, 0.717) is 28.1 Å². The molecule has 0 aliphatic heterocycles. The second-order valence-electron chi connectivity index (χ2n) is 4.92. The standard InChI is InChI=1S/C16H10BrN3O3/c1-9-6-13-15(19-12-4-2-11(17)3-5-12)14(20(21)22)7-10(8-18)16(13)23-9/h2-7,19H,1H3. The maximum Gasteiger partial charge on any atom is 0.294 e. The monoisotopic (exact) mass is 371 g/mol. The van der Waals surface area contributed by atoms with E-state index in [-0.39, 0.29) is 11.3 Å². The lowest BCUT2D eigenvalue weighted by Gasteiger charge is -2.09. The molecule has 3 rings (SSSR count). The molecule has 0 amide bonds. The molecule has 1 aromatic heterocycles. The molecule has 3 aromatic rings. The zero-order chi connectivity index (χ0) is 16.6. The van der Waals surface area contributed by atoms with Crippen molar-refractivity contribution in [2.24, 2.45) is 0 Å². The van der Waals surface area contributed by atoms with Crippen molar-refractivity contribution >= 4 is 44.0 Å². The van der Waals surface area contributed by atoms with Crippen LogP contribution < -0.4 is 5.32 Å². The molecular formula is C16H10BrN3O3. The Labute approximate surface area is 139 Å². The molecule has 0 spiro atoms. The van der Waals surface area contributed by atoms with Crippen LogP contribution in [0.15, 0.2) is 45.3 Å². The Morgan fingerprint density at radius 2 is 2.00 bits per heavy atom. The maximum atomic E-state index is 11.4. The number of benzene rings is 2. The van der Waals surface area contributed by atoms with E-state index >= 15 is 0 Å². The van der Waals surface area contributed by atoms with Crippen LogP contribution in [0.25, 0.3) is 11.0 Å². The SMILES string of the molecule is Cc1cc2c(Nc3ccc(Br)cc3)c([N+](=O)[O-])cc(C#N)c2o1. The molecule has 1 heterocycles. The minimum absolute atomic E-state index is 0.140. The van der Waals surface area contributed by atoms with Crippen molar-refractivity contribution in [3.63, 3.8) is 0 Å². The molecule has 0 saturated carbocycles. The first kappa shape index (κ1) is 15.1. The second-order valence-corrected chi connectivity index (χ2v) is 5.83. The zero-order valence-corrected chi connectivity index (χ0v) is 13.5. The highest BCUT2D eigenvalue weighted by molar-refractivity contribution is 9.10. The number of nitro groups is 1. The van der Waals surface area contributed by atoms with E-state index in [1.165, 1.54) is 6.07 Å². The van der Waals surface area contributed by atoms with Crippen molar-refractivity contribution in [3.05, 3.63) is 62.3 Å². The lowest BCUT2D eigenvalue weighted by molar-refractivity contribution is -0.383. The van der Waals surface area contributed by atoms with Gasteiger partial charge in [-0.25, -0.2) is 0 Å². The summed E-state index contributed by atoms with van der Waals surface area (Å²) < 4.78 is 6.43. The van der Waals surface area contributed by atoms with Crippen LogP contribution in [-0.4, -0.2) is 4.92 Å². The number of anilines is 2. The van der Waals surface area contributed by atoms with Crippen molar-refractivity contribution in [2.75, 3.05) is 5.32 Å². The molecule has 2 aromatic carbocycles. The van der Waals surface area contributed by atoms with Crippen molar-refractivity contribution in [3.8, 4) is 6.07 Å². The summed E-state index contributed by atoms with van der Waals surface area (Å²) in [5.41, 5.74) is 1.32. The van der Waals surface area contributed by atoms with Crippen LogP contribution in [0, 0.1) is 28.4 Å². The highest BCUT2D eigenvalue weighted by atomic mass is 79.9. The van der Waals surface area contributed by atoms with Gasteiger partial charge in [-0.3, -0.25) is 10.1 Å². The van der Waals surface area contributed by atoms with Crippen LogP contribution in [0.2, 0.25) is 0 Å². The predicted octanol–water partition coefficient (Wildman–Crippen LogP) is 5.03. The van der Waals surface area contributed by atoms with Crippen molar-refractivity contribution in [1.82, 2.24) is 0 Å². The Morgan fingerprint density at radius 1 is 1.30 bits per heavy atom. The third-order valence-corrected chi connectivity index (χ3v) is 3.87. The van der Waals surface area contributed by atoms with Crippen molar-refractivity contribution < 1.29 is 9.34 Å². The normalized spacial score (nSPS) is 10.5. The predicted molar refractivity (Wildman–Crippen MR) is 89.7 cm³/mol. The molecule has 0 atom stereocenters. The van der Waals surface area contributed by atoms with Gasteiger partial charge < -0.3 is 9.73 Å². The minimum Gasteiger partial charge on any atom is -0.460 e. The van der Waals surface area contributed by atoms with E-state index in [1.807, 2.05) is 18.2 Å². The fourth-order valence-electron chi connectivity index (χ4n) is 2.35. The number of rotatable bonds is 3. The number of nitrogens with zero attached hydrogens (tertiary/aromatic N) is 2. The number of nitriles is 1. The fourth-order valence-corrected chi connectivity index (χ4v) is 2.61. The van der Waals surface area contributed by atoms with Gasteiger partial charge in [0.2, 0.25) is 0 Å². The smallest absolute Gasteiger partial charge is 0.294 e. The first-order chi connectivity index (χ1) is 11.0. The summed E-state index contributed by atoms with van der Waals surface area (Å²) in [6, 6.07) is 12.1. The first-order valence-electron chi connectivity index (χ1n) is 6.64. The Kier molecular flexibility index (Phi) is 3.76. The molecule has 0 fully saturated rings. The van der Waals surface area contributed by atoms with Crippen molar-refractivity contribution in [1.29, 1.82) is 5.26 Å². The Morgan fingerprint density at radius 3 is 2.61 bits per heavy atom. The van der Waals surface area contributed by atoms with Gasteiger partial charge in [0.05, 0.1) is 10.3 Å². The number of fused-ring (bicyclic) bond motifs is 1. The number of halogens is 1. The third-order valence-electron chi connectivity index (χ3n) is 3.34. The van der Waals surface area contributed by atoms with Gasteiger partial charge in [0, 0.05) is 16.2 Å². The van der Waals surface area contributed by atoms with Gasteiger partial charge in [-0.2, -0.15) is 5.26 Å². The van der Waals surface area contributed by atoms with Crippen LogP contribution in [0.4, 0.5) is 17.1 Å². The van der Waals surface area contributed by atoms with Crippen LogP contribution in [0.3, 0.4) is 0 Å². The Bertz CT molecular complexity index is 955. The first-order valence-corrected chi connectivity index (χ1v) is 7.43. The lowest BCUT2D eigenvalue weighted by atomic mass is 10.1. The highest BCUT2D eigenvalue weighted by Crippen LogP contribution is 2.39. The average Bonchev–Trinajstić information content (AvgIpc) is 2.91. The molecule has 114 valence electrons. The molecular weight excluding hydrogens is 362 g/mol. The Balaban J connectivity index is 2.25. The topological polar surface area (TPSA) is 92.1 Å². The summed E-state index contributed by atoms with van der Waals surface area (Å²) in [7, 11) is 0. The Hall–Kier alpha value is -2.85. The molecule has 0 unspecified atom stereocenters. The number of nitro benzene ring substituents is 1. The summed E-state index contributed by atoms with van der Waals surface area (Å²) in [5, 5.41) is 24.2. The molecule has 23 heavy (non-hydrogen) atoms. The molecule has 0 aliphatic carbocycles. The van der Waals surface area contributed by atoms with Crippen LogP contribution in [0.5, 0.6) is 0 Å². The molecule has 0 saturated heterocycles. The largest absolute Gasteiger partial charge is 0.460 e. The van der Waals surface area contributed by atoms with E-state index < -0.39 is 4.92 Å². The zero-order valence-electron chi connectivity index (χ0n) is 12.0. The van der Waals surface area contributed by atoms with Gasteiger partial charge in [0.15, 0.2) is 5.58 Å². The maximum absolute atomic E-state index is 11.4. The van der Waals surface area contributed by atoms with Gasteiger partial charge in [0.1, 0.15) is 23.1 Å². The van der Waals surface area contributed by atoms with E-state index in [2.05, 4.69) is 21.2 Å². The molecule has 6 nitrogen and oxygen atoms in total. The van der Waals surface area contributed by atoms with Gasteiger partial charge in [-0.1, -0.05) is 15.9 Å². The number of hydrogen-bond donors (Lipinski definition) is 1. The fraction of sp³-hybridized carbons (Fsp3) is 0.0625. The summed E-state index contributed by atoms with van der Waals surface area (Å²) in [5.74, 6) is 0.579. The van der Waals surface area contributed by atoms with E-state index in [4.69, 9.17) is 4.42 Å². The van der Waals surface area contributed by atoms with E-state index in [1.54, 1.807) is 25.1 Å². The number of furan rings is 1. The molecule has 7 heteroatoms. The second kappa shape index (κ2) is 5.74. The van der Waals surface area contributed by atoms with E-state index in [9.17, 15) is 15.4 Å². The number of nitrogens with one attached hydrogen (secondary N) is 1. The molecule has 1 N–H and O–H groups in total. The van der Waals surface area contributed by atoms with Crippen LogP contribution in [0.1, 0.15) is 11.3 Å². The summed E-state index contributed by atoms with van der Waals surface area (Å²) in [6.07, 6.45) is 0. The molecule has 0 bridgehead atoms. The number of aryl methyl sites for hydroxylation is 1. The molecule has 0 radical (unpaired) electrons. The van der Waals surface area contributed by atoms with Gasteiger partial charge >= 0.3 is 0 Å². The van der Waals surface area contributed by atoms with Gasteiger partial charge in [-0.15, -0.1) is 0 Å². The lowest BCUT2D eigenvalue weighted by Crippen LogP contribution is -1.98. The highest BCUT2D eigenvalue weighted by Gasteiger charge is 2.23. The van der Waals surface area contributed by atoms with Crippen LogP contribution in [-0.2, 0) is 0 Å². The van der Waals surface area contributed by atoms with Crippen molar-refractivity contribution in [2.45, 2.75) is 6.92 Å². The minimum atomic E-state index is -0.510.